The standard InChI is InChI=1S/C18H23N3O3/c1-18(15(22)19-13-9-5-3-6-10-13)16(23)20(2)17(24)21(18)14-11-7-4-8-12-14/h3,5-6,9-10,14H,4,7-8,11-12H2,1-2H3,(H,19,22). The molecule has 1 saturated heterocycles. The largest absolute Gasteiger partial charge is 0.328 e. The molecule has 1 aliphatic heterocycles. The van der Waals surface area contributed by atoms with Crippen LogP contribution >= 0.6 is 0 Å². The van der Waals surface area contributed by atoms with Gasteiger partial charge in [0.2, 0.25) is 5.54 Å². The zero-order valence-corrected chi connectivity index (χ0v) is 14.1. The van der Waals surface area contributed by atoms with Gasteiger partial charge < -0.3 is 5.32 Å². The van der Waals surface area contributed by atoms with Gasteiger partial charge in [0.1, 0.15) is 0 Å². The van der Waals surface area contributed by atoms with Crippen molar-refractivity contribution in [1.82, 2.24) is 9.80 Å². The summed E-state index contributed by atoms with van der Waals surface area (Å²) in [4.78, 5) is 40.9. The van der Waals surface area contributed by atoms with E-state index in [1.165, 1.54) is 11.9 Å². The molecule has 128 valence electrons. The molecule has 1 heterocycles. The van der Waals surface area contributed by atoms with Crippen LogP contribution in [0.5, 0.6) is 0 Å². The molecule has 0 bridgehead atoms. The van der Waals surface area contributed by atoms with Gasteiger partial charge in [-0.3, -0.25) is 19.4 Å². The van der Waals surface area contributed by atoms with E-state index in [2.05, 4.69) is 5.32 Å². The molecule has 24 heavy (non-hydrogen) atoms. The van der Waals surface area contributed by atoms with Crippen LogP contribution in [0, 0.1) is 0 Å². The molecule has 2 fully saturated rings. The fraction of sp³-hybridized carbons (Fsp3) is 0.500. The van der Waals surface area contributed by atoms with Crippen LogP contribution in [0.4, 0.5) is 10.5 Å². The van der Waals surface area contributed by atoms with Gasteiger partial charge >= 0.3 is 6.03 Å². The highest BCUT2D eigenvalue weighted by Gasteiger charge is 2.59. The molecule has 1 aromatic carbocycles. The van der Waals surface area contributed by atoms with Crippen molar-refractivity contribution in [3.63, 3.8) is 0 Å². The number of hydrogen-bond donors (Lipinski definition) is 1. The Balaban J connectivity index is 1.92. The average molecular weight is 329 g/mol. The van der Waals surface area contributed by atoms with Gasteiger partial charge in [0.25, 0.3) is 11.8 Å². The Labute approximate surface area is 141 Å². The van der Waals surface area contributed by atoms with Crippen LogP contribution in [0.1, 0.15) is 39.0 Å². The first kappa shape index (κ1) is 16.5. The van der Waals surface area contributed by atoms with Crippen LogP contribution in [0.3, 0.4) is 0 Å². The SMILES string of the molecule is CN1C(=O)N(C2CCCCC2)C(C)(C(=O)Nc2ccccc2)C1=O. The topological polar surface area (TPSA) is 69.7 Å². The van der Waals surface area contributed by atoms with Gasteiger partial charge in [0, 0.05) is 18.8 Å². The number of nitrogens with one attached hydrogen (secondary N) is 1. The van der Waals surface area contributed by atoms with Gasteiger partial charge in [0.05, 0.1) is 0 Å². The number of urea groups is 1. The van der Waals surface area contributed by atoms with E-state index in [1.807, 2.05) is 18.2 Å². The van der Waals surface area contributed by atoms with E-state index in [0.717, 1.165) is 37.0 Å². The average Bonchev–Trinajstić information content (AvgIpc) is 2.78. The minimum absolute atomic E-state index is 0.0633. The normalized spacial score (nSPS) is 25.2. The summed E-state index contributed by atoms with van der Waals surface area (Å²) in [6.07, 6.45) is 4.84. The molecule has 1 aliphatic carbocycles. The maximum absolute atomic E-state index is 12.9. The lowest BCUT2D eigenvalue weighted by Gasteiger charge is -2.38. The molecule has 0 radical (unpaired) electrons. The van der Waals surface area contributed by atoms with E-state index in [0.29, 0.717) is 5.69 Å². The fourth-order valence-electron chi connectivity index (χ4n) is 3.71. The predicted molar refractivity (Wildman–Crippen MR) is 90.4 cm³/mol. The highest BCUT2D eigenvalue weighted by atomic mass is 16.2. The number of nitrogens with zero attached hydrogens (tertiary/aromatic N) is 2. The molecule has 0 aromatic heterocycles. The maximum atomic E-state index is 12.9. The van der Waals surface area contributed by atoms with Gasteiger partial charge in [0.15, 0.2) is 0 Å². The summed E-state index contributed by atoms with van der Waals surface area (Å²) in [6, 6.07) is 8.55. The van der Waals surface area contributed by atoms with Gasteiger partial charge in [-0.1, -0.05) is 37.5 Å². The van der Waals surface area contributed by atoms with E-state index in [-0.39, 0.29) is 12.1 Å². The van der Waals surface area contributed by atoms with Crippen LogP contribution in [-0.4, -0.2) is 46.3 Å². The Bertz CT molecular complexity index is 655. The second-order valence-electron chi connectivity index (χ2n) is 6.70. The molecular formula is C18H23N3O3. The second kappa shape index (κ2) is 6.26. The van der Waals surface area contributed by atoms with Crippen molar-refractivity contribution in [2.75, 3.05) is 12.4 Å². The Kier molecular flexibility index (Phi) is 4.30. The third-order valence-electron chi connectivity index (χ3n) is 5.11. The van der Waals surface area contributed by atoms with Crippen molar-refractivity contribution in [1.29, 1.82) is 0 Å². The molecular weight excluding hydrogens is 306 g/mol. The van der Waals surface area contributed by atoms with Gasteiger partial charge in [-0.25, -0.2) is 4.79 Å². The first-order chi connectivity index (χ1) is 11.5. The van der Waals surface area contributed by atoms with E-state index in [9.17, 15) is 14.4 Å². The molecule has 6 nitrogen and oxygen atoms in total. The molecule has 4 amide bonds. The van der Waals surface area contributed by atoms with Crippen molar-refractivity contribution < 1.29 is 14.4 Å². The lowest BCUT2D eigenvalue weighted by atomic mass is 9.89. The monoisotopic (exact) mass is 329 g/mol. The summed E-state index contributed by atoms with van der Waals surface area (Å²) >= 11 is 0. The number of para-hydroxylation sites is 1. The van der Waals surface area contributed by atoms with Crippen molar-refractivity contribution >= 4 is 23.5 Å². The third-order valence-corrected chi connectivity index (χ3v) is 5.11. The van der Waals surface area contributed by atoms with Gasteiger partial charge in [-0.2, -0.15) is 0 Å². The minimum atomic E-state index is -1.50. The quantitative estimate of drug-likeness (QED) is 0.684. The summed E-state index contributed by atoms with van der Waals surface area (Å²) in [5.41, 5.74) is -0.883. The number of anilines is 1. The van der Waals surface area contributed by atoms with E-state index in [4.69, 9.17) is 0 Å². The molecule has 1 saturated carbocycles. The summed E-state index contributed by atoms with van der Waals surface area (Å²) in [6.45, 7) is 1.56. The predicted octanol–water partition coefficient (Wildman–Crippen LogP) is 2.61. The Morgan fingerprint density at radius 3 is 2.38 bits per heavy atom. The number of benzene rings is 1. The van der Waals surface area contributed by atoms with Crippen molar-refractivity contribution in [3.8, 4) is 0 Å². The van der Waals surface area contributed by atoms with Crippen LogP contribution in [0.25, 0.3) is 0 Å². The van der Waals surface area contributed by atoms with Crippen LogP contribution in [0.15, 0.2) is 30.3 Å². The number of rotatable bonds is 3. The third kappa shape index (κ3) is 2.56. The smallest absolute Gasteiger partial charge is 0.324 e. The lowest BCUT2D eigenvalue weighted by Crippen LogP contribution is -2.59. The molecule has 6 heteroatoms. The first-order valence-corrected chi connectivity index (χ1v) is 8.44. The van der Waals surface area contributed by atoms with E-state index in [1.54, 1.807) is 19.1 Å². The number of amides is 4. The molecule has 3 rings (SSSR count). The summed E-state index contributed by atoms with van der Waals surface area (Å²) in [5.74, 6) is -0.923. The van der Waals surface area contributed by atoms with Crippen molar-refractivity contribution in [2.45, 2.75) is 50.6 Å². The molecule has 2 aliphatic rings. The number of carbonyl (C=O) groups excluding carboxylic acids is 3. The van der Waals surface area contributed by atoms with Gasteiger partial charge in [-0.15, -0.1) is 0 Å². The maximum Gasteiger partial charge on any atom is 0.328 e. The van der Waals surface area contributed by atoms with E-state index >= 15 is 0 Å². The lowest BCUT2D eigenvalue weighted by molar-refractivity contribution is -0.140. The van der Waals surface area contributed by atoms with Crippen LogP contribution in [0.2, 0.25) is 0 Å². The van der Waals surface area contributed by atoms with Crippen LogP contribution < -0.4 is 5.32 Å². The first-order valence-electron chi connectivity index (χ1n) is 8.44. The van der Waals surface area contributed by atoms with E-state index < -0.39 is 17.4 Å². The second-order valence-corrected chi connectivity index (χ2v) is 6.70. The minimum Gasteiger partial charge on any atom is -0.324 e. The van der Waals surface area contributed by atoms with Crippen molar-refractivity contribution in [2.24, 2.45) is 0 Å². The highest BCUT2D eigenvalue weighted by Crippen LogP contribution is 2.35. The zero-order chi connectivity index (χ0) is 17.3. The Hall–Kier alpha value is -2.37. The molecule has 1 N–H and O–H groups in total. The summed E-state index contributed by atoms with van der Waals surface area (Å²) in [7, 11) is 1.45. The number of hydrogen-bond acceptors (Lipinski definition) is 3. The number of likely N-dealkylation sites (N-methyl/N-ethyl adjacent to an activating group) is 1. The Morgan fingerprint density at radius 1 is 1.12 bits per heavy atom. The zero-order valence-electron chi connectivity index (χ0n) is 14.1. The highest BCUT2D eigenvalue weighted by molar-refractivity contribution is 6.22. The number of imide groups is 1. The van der Waals surface area contributed by atoms with Crippen LogP contribution in [-0.2, 0) is 9.59 Å². The molecule has 1 unspecified atom stereocenters. The van der Waals surface area contributed by atoms with Crippen molar-refractivity contribution in [3.05, 3.63) is 30.3 Å². The summed E-state index contributed by atoms with van der Waals surface area (Å²) < 4.78 is 0. The Morgan fingerprint density at radius 2 is 1.75 bits per heavy atom. The molecule has 0 spiro atoms. The summed E-state index contributed by atoms with van der Waals surface area (Å²) in [5, 5.41) is 2.78. The van der Waals surface area contributed by atoms with Gasteiger partial charge in [-0.05, 0) is 31.9 Å². The molecule has 1 aromatic rings. The molecule has 1 atom stereocenters. The number of carbonyl (C=O) groups is 3. The fourth-order valence-corrected chi connectivity index (χ4v) is 3.71.